The van der Waals surface area contributed by atoms with E-state index in [0.717, 1.165) is 0 Å². The second-order valence-corrected chi connectivity index (χ2v) is 4.15. The van der Waals surface area contributed by atoms with E-state index >= 15 is 0 Å². The first kappa shape index (κ1) is 13.3. The molecule has 2 atom stereocenters. The molecule has 1 aromatic rings. The van der Waals surface area contributed by atoms with Crippen molar-refractivity contribution in [2.75, 3.05) is 25.6 Å². The number of nitrogens with one attached hydrogen (secondary N) is 1. The highest BCUT2D eigenvalue weighted by Crippen LogP contribution is 2.19. The zero-order chi connectivity index (χ0) is 13.8. The average Bonchev–Trinajstić information content (AvgIpc) is 2.86. The Labute approximate surface area is 109 Å². The van der Waals surface area contributed by atoms with Crippen molar-refractivity contribution < 1.29 is 24.2 Å². The van der Waals surface area contributed by atoms with Gasteiger partial charge in [-0.25, -0.2) is 9.78 Å². The SMILES string of the molecule is COC(=O)c1ccnc(NC2COCC2C(=O)O)c1. The minimum atomic E-state index is -0.917. The summed E-state index contributed by atoms with van der Waals surface area (Å²) in [5.74, 6) is -1.59. The van der Waals surface area contributed by atoms with Gasteiger partial charge in [0.2, 0.25) is 0 Å². The molecule has 2 N–H and O–H groups in total. The molecule has 19 heavy (non-hydrogen) atoms. The van der Waals surface area contributed by atoms with Crippen LogP contribution in [0.4, 0.5) is 5.82 Å². The van der Waals surface area contributed by atoms with E-state index in [1.54, 1.807) is 0 Å². The number of carboxylic acid groups (broad SMARTS) is 1. The summed E-state index contributed by atoms with van der Waals surface area (Å²) >= 11 is 0. The molecule has 1 aliphatic heterocycles. The molecule has 2 unspecified atom stereocenters. The third-order valence-corrected chi connectivity index (χ3v) is 2.91. The van der Waals surface area contributed by atoms with E-state index < -0.39 is 17.9 Å². The number of esters is 1. The van der Waals surface area contributed by atoms with Crippen LogP contribution in [0.5, 0.6) is 0 Å². The summed E-state index contributed by atoms with van der Waals surface area (Å²) in [6.45, 7) is 0.463. The van der Waals surface area contributed by atoms with E-state index in [0.29, 0.717) is 18.0 Å². The van der Waals surface area contributed by atoms with Crippen molar-refractivity contribution in [2.45, 2.75) is 6.04 Å². The van der Waals surface area contributed by atoms with Gasteiger partial charge in [0.1, 0.15) is 11.7 Å². The van der Waals surface area contributed by atoms with E-state index in [4.69, 9.17) is 9.84 Å². The van der Waals surface area contributed by atoms with Crippen molar-refractivity contribution in [1.29, 1.82) is 0 Å². The Morgan fingerprint density at radius 2 is 2.32 bits per heavy atom. The molecular weight excluding hydrogens is 252 g/mol. The summed E-state index contributed by atoms with van der Waals surface area (Å²) in [6.07, 6.45) is 1.46. The molecule has 1 aromatic heterocycles. The van der Waals surface area contributed by atoms with Crippen LogP contribution in [-0.4, -0.2) is 48.4 Å². The second-order valence-electron chi connectivity index (χ2n) is 4.15. The van der Waals surface area contributed by atoms with Crippen molar-refractivity contribution in [1.82, 2.24) is 4.98 Å². The normalized spacial score (nSPS) is 21.9. The van der Waals surface area contributed by atoms with Gasteiger partial charge in [0.25, 0.3) is 0 Å². The van der Waals surface area contributed by atoms with Crippen LogP contribution in [0.15, 0.2) is 18.3 Å². The molecular formula is C12H14N2O5. The third kappa shape index (κ3) is 3.00. The molecule has 0 spiro atoms. The lowest BCUT2D eigenvalue weighted by molar-refractivity contribution is -0.141. The van der Waals surface area contributed by atoms with Crippen LogP contribution in [0, 0.1) is 5.92 Å². The minimum absolute atomic E-state index is 0.170. The van der Waals surface area contributed by atoms with Crippen molar-refractivity contribution >= 4 is 17.8 Å². The first-order chi connectivity index (χ1) is 9.11. The van der Waals surface area contributed by atoms with Crippen LogP contribution in [0.2, 0.25) is 0 Å². The monoisotopic (exact) mass is 266 g/mol. The van der Waals surface area contributed by atoms with Crippen LogP contribution in [0.1, 0.15) is 10.4 Å². The Kier molecular flexibility index (Phi) is 3.96. The fourth-order valence-electron chi connectivity index (χ4n) is 1.88. The molecule has 1 aliphatic rings. The van der Waals surface area contributed by atoms with Gasteiger partial charge in [-0.15, -0.1) is 0 Å². The molecule has 0 saturated carbocycles. The van der Waals surface area contributed by atoms with E-state index in [9.17, 15) is 9.59 Å². The quantitative estimate of drug-likeness (QED) is 0.760. The van der Waals surface area contributed by atoms with Gasteiger partial charge < -0.3 is 19.9 Å². The van der Waals surface area contributed by atoms with Crippen LogP contribution < -0.4 is 5.32 Å². The maximum absolute atomic E-state index is 11.4. The lowest BCUT2D eigenvalue weighted by atomic mass is 10.0. The second kappa shape index (κ2) is 5.66. The summed E-state index contributed by atoms with van der Waals surface area (Å²) in [5.41, 5.74) is 0.353. The topological polar surface area (TPSA) is 97.8 Å². The van der Waals surface area contributed by atoms with Gasteiger partial charge in [0, 0.05) is 6.20 Å². The summed E-state index contributed by atoms with van der Waals surface area (Å²) in [7, 11) is 1.29. The number of pyridine rings is 1. The van der Waals surface area contributed by atoms with Crippen molar-refractivity contribution in [3.05, 3.63) is 23.9 Å². The maximum Gasteiger partial charge on any atom is 0.338 e. The fraction of sp³-hybridized carbons (Fsp3) is 0.417. The minimum Gasteiger partial charge on any atom is -0.481 e. The number of methoxy groups -OCH3 is 1. The smallest absolute Gasteiger partial charge is 0.338 e. The Balaban J connectivity index is 2.10. The highest BCUT2D eigenvalue weighted by Gasteiger charge is 2.34. The van der Waals surface area contributed by atoms with E-state index in [-0.39, 0.29) is 12.6 Å². The number of carbonyl (C=O) groups is 2. The van der Waals surface area contributed by atoms with Gasteiger partial charge in [-0.1, -0.05) is 0 Å². The van der Waals surface area contributed by atoms with Crippen LogP contribution in [0.25, 0.3) is 0 Å². The molecule has 1 saturated heterocycles. The van der Waals surface area contributed by atoms with Crippen molar-refractivity contribution in [3.8, 4) is 0 Å². The number of rotatable bonds is 4. The van der Waals surface area contributed by atoms with Gasteiger partial charge >= 0.3 is 11.9 Å². The van der Waals surface area contributed by atoms with Gasteiger partial charge in [-0.2, -0.15) is 0 Å². The summed E-state index contributed by atoms with van der Waals surface area (Å²) < 4.78 is 9.75. The molecule has 102 valence electrons. The molecule has 2 heterocycles. The number of carbonyl (C=O) groups excluding carboxylic acids is 1. The lowest BCUT2D eigenvalue weighted by Gasteiger charge is -2.16. The summed E-state index contributed by atoms with van der Waals surface area (Å²) in [6, 6.07) is 2.68. The molecule has 0 aromatic carbocycles. The maximum atomic E-state index is 11.4. The molecule has 0 aliphatic carbocycles. The number of nitrogens with zero attached hydrogens (tertiary/aromatic N) is 1. The lowest BCUT2D eigenvalue weighted by Crippen LogP contribution is -2.33. The number of hydrogen-bond acceptors (Lipinski definition) is 6. The zero-order valence-electron chi connectivity index (χ0n) is 10.3. The highest BCUT2D eigenvalue weighted by atomic mass is 16.5. The van der Waals surface area contributed by atoms with E-state index in [2.05, 4.69) is 15.0 Å². The van der Waals surface area contributed by atoms with E-state index in [1.807, 2.05) is 0 Å². The Morgan fingerprint density at radius 3 is 3.00 bits per heavy atom. The summed E-state index contributed by atoms with van der Waals surface area (Å²) in [4.78, 5) is 26.4. The number of carboxylic acids is 1. The van der Waals surface area contributed by atoms with Gasteiger partial charge in [-0.05, 0) is 12.1 Å². The number of aliphatic carboxylic acids is 1. The zero-order valence-corrected chi connectivity index (χ0v) is 10.3. The first-order valence-corrected chi connectivity index (χ1v) is 5.73. The number of anilines is 1. The Morgan fingerprint density at radius 1 is 1.53 bits per heavy atom. The molecule has 2 rings (SSSR count). The average molecular weight is 266 g/mol. The van der Waals surface area contributed by atoms with E-state index in [1.165, 1.54) is 25.4 Å². The molecule has 7 nitrogen and oxygen atoms in total. The summed E-state index contributed by atoms with van der Waals surface area (Å²) in [5, 5.41) is 12.0. The van der Waals surface area contributed by atoms with Gasteiger partial charge in [0.05, 0.1) is 31.9 Å². The highest BCUT2D eigenvalue weighted by molar-refractivity contribution is 5.90. The first-order valence-electron chi connectivity index (χ1n) is 5.73. The van der Waals surface area contributed by atoms with Crippen molar-refractivity contribution in [3.63, 3.8) is 0 Å². The number of ether oxygens (including phenoxy) is 2. The predicted octanol–water partition coefficient (Wildman–Crippen LogP) is 0.380. The number of aromatic nitrogens is 1. The standard InChI is InChI=1S/C12H14N2O5/c1-18-12(17)7-2-3-13-10(4-7)14-9-6-19-5-8(9)11(15)16/h2-4,8-9H,5-6H2,1H3,(H,13,14)(H,15,16). The predicted molar refractivity (Wildman–Crippen MR) is 64.9 cm³/mol. The van der Waals surface area contributed by atoms with Crippen LogP contribution >= 0.6 is 0 Å². The fourth-order valence-corrected chi connectivity index (χ4v) is 1.88. The molecule has 0 radical (unpaired) electrons. The molecule has 7 heteroatoms. The largest absolute Gasteiger partial charge is 0.481 e. The molecule has 0 amide bonds. The van der Waals surface area contributed by atoms with Crippen LogP contribution in [-0.2, 0) is 14.3 Å². The van der Waals surface area contributed by atoms with Crippen LogP contribution in [0.3, 0.4) is 0 Å². The van der Waals surface area contributed by atoms with Gasteiger partial charge in [-0.3, -0.25) is 4.79 Å². The number of hydrogen-bond donors (Lipinski definition) is 2. The molecule has 0 bridgehead atoms. The van der Waals surface area contributed by atoms with Crippen molar-refractivity contribution in [2.24, 2.45) is 5.92 Å². The Bertz CT molecular complexity index is 491. The third-order valence-electron chi connectivity index (χ3n) is 2.91. The van der Waals surface area contributed by atoms with Gasteiger partial charge in [0.15, 0.2) is 0 Å². The Hall–Kier alpha value is -2.15. The molecule has 1 fully saturated rings.